The molecule has 1 unspecified atom stereocenters. The van der Waals surface area contributed by atoms with Crippen molar-refractivity contribution >= 4 is 50.9 Å². The molecule has 8 nitrogen and oxygen atoms in total. The maximum Gasteiger partial charge on any atom is 0.339 e. The predicted octanol–water partition coefficient (Wildman–Crippen LogP) is 7.24. The highest BCUT2D eigenvalue weighted by molar-refractivity contribution is 6.13. The Bertz CT molecular complexity index is 1900. The number of hydrogen-bond acceptors (Lipinski definition) is 6. The molecule has 8 heteroatoms. The van der Waals surface area contributed by atoms with Gasteiger partial charge in [0.05, 0.1) is 21.7 Å². The second kappa shape index (κ2) is 10.5. The van der Waals surface area contributed by atoms with Crippen LogP contribution in [0.4, 0.5) is 5.69 Å². The van der Waals surface area contributed by atoms with E-state index in [0.717, 1.165) is 34.2 Å². The third-order valence-corrected chi connectivity index (χ3v) is 7.59. The number of aryl methyl sites for hydroxylation is 1. The van der Waals surface area contributed by atoms with Crippen molar-refractivity contribution in [1.82, 2.24) is 9.97 Å². The number of fused-ring (bicyclic) bond motifs is 3. The molecule has 0 bridgehead atoms. The smallest absolute Gasteiger partial charge is 0.339 e. The van der Waals surface area contributed by atoms with Crippen LogP contribution in [0.15, 0.2) is 72.8 Å². The van der Waals surface area contributed by atoms with Gasteiger partial charge in [0.15, 0.2) is 6.10 Å². The number of ether oxygens (including phenoxy) is 1. The Hall–Kier alpha value is -5.11. The van der Waals surface area contributed by atoms with Gasteiger partial charge in [0.1, 0.15) is 0 Å². The van der Waals surface area contributed by atoms with Crippen molar-refractivity contribution in [3.05, 3.63) is 117 Å². The van der Waals surface area contributed by atoms with Crippen LogP contribution in [-0.2, 0) is 11.2 Å². The van der Waals surface area contributed by atoms with E-state index in [1.54, 1.807) is 13.0 Å². The molecule has 6 rings (SSSR count). The number of allylic oxidation sites excluding steroid dienone is 1. The van der Waals surface area contributed by atoms with Crippen molar-refractivity contribution in [2.45, 2.75) is 39.2 Å². The van der Waals surface area contributed by atoms with E-state index in [1.807, 2.05) is 67.6 Å². The van der Waals surface area contributed by atoms with Crippen LogP contribution < -0.4 is 0 Å². The van der Waals surface area contributed by atoms with Gasteiger partial charge in [-0.25, -0.2) is 9.78 Å². The molecule has 2 aromatic heterocycles. The van der Waals surface area contributed by atoms with Crippen LogP contribution in [0.25, 0.3) is 33.5 Å². The van der Waals surface area contributed by atoms with E-state index in [4.69, 9.17) is 9.72 Å². The number of benzene rings is 3. The summed E-state index contributed by atoms with van der Waals surface area (Å²) in [7, 11) is 0. The number of aromatic nitrogens is 2. The number of esters is 1. The summed E-state index contributed by atoms with van der Waals surface area (Å²) < 4.78 is 5.87. The lowest BCUT2D eigenvalue weighted by molar-refractivity contribution is -0.384. The molecule has 0 radical (unpaired) electrons. The summed E-state index contributed by atoms with van der Waals surface area (Å²) in [6, 6.07) is 21.4. The number of aromatic amines is 1. The van der Waals surface area contributed by atoms with Gasteiger partial charge in [-0.3, -0.25) is 14.9 Å². The summed E-state index contributed by atoms with van der Waals surface area (Å²) in [5.74, 6) is -0.846. The highest BCUT2D eigenvalue weighted by Crippen LogP contribution is 2.37. The van der Waals surface area contributed by atoms with Crippen molar-refractivity contribution in [2.75, 3.05) is 0 Å². The average molecular weight is 546 g/mol. The minimum absolute atomic E-state index is 0.00946. The lowest BCUT2D eigenvalue weighted by Gasteiger charge is -2.23. The SMILES string of the molecule is Cc1[nH]c2ccccc2c1C(=O)C(C)OC(=O)c1c2c(nc3ccccc13)C(=Cc1cccc([N+](=O)[O-])c1)CCC2. The van der Waals surface area contributed by atoms with Crippen LogP contribution in [0.5, 0.6) is 0 Å². The first-order valence-corrected chi connectivity index (χ1v) is 13.5. The number of carbonyl (C=O) groups excluding carboxylic acids is 2. The molecule has 0 fully saturated rings. The predicted molar refractivity (Wildman–Crippen MR) is 158 cm³/mol. The molecule has 1 atom stereocenters. The van der Waals surface area contributed by atoms with Crippen LogP contribution in [0.3, 0.4) is 0 Å². The molecule has 1 aliphatic rings. The fourth-order valence-electron chi connectivity index (χ4n) is 5.71. The number of carbonyl (C=O) groups is 2. The van der Waals surface area contributed by atoms with Crippen molar-refractivity contribution in [3.8, 4) is 0 Å². The maximum absolute atomic E-state index is 13.8. The Morgan fingerprint density at radius 1 is 1.00 bits per heavy atom. The molecule has 0 saturated heterocycles. The number of non-ortho nitro benzene ring substituents is 1. The standard InChI is InChI=1S/C33H27N3O5/c1-19-29(24-12-3-5-15-27(24)34-19)32(37)20(2)41-33(38)30-25-13-4-6-16-28(25)35-31-22(10-8-14-26(30)31)17-21-9-7-11-23(18-21)36(39)40/h3-7,9,11-13,15-18,20,34H,8,10,14H2,1-2H3. The van der Waals surface area contributed by atoms with Gasteiger partial charge >= 0.3 is 5.97 Å². The number of para-hydroxylation sites is 2. The number of rotatable bonds is 6. The molecule has 1 aliphatic carbocycles. The molecule has 0 saturated carbocycles. The summed E-state index contributed by atoms with van der Waals surface area (Å²) in [5.41, 5.74) is 6.17. The highest BCUT2D eigenvalue weighted by Gasteiger charge is 2.30. The number of nitro groups is 1. The largest absolute Gasteiger partial charge is 0.451 e. The van der Waals surface area contributed by atoms with E-state index in [0.29, 0.717) is 46.1 Å². The van der Waals surface area contributed by atoms with Gasteiger partial charge in [0.25, 0.3) is 5.69 Å². The number of nitrogens with one attached hydrogen (secondary N) is 1. The van der Waals surface area contributed by atoms with Gasteiger partial charge in [-0.15, -0.1) is 0 Å². The molecule has 0 aliphatic heterocycles. The third-order valence-electron chi connectivity index (χ3n) is 7.59. The van der Waals surface area contributed by atoms with E-state index in [-0.39, 0.29) is 11.5 Å². The molecule has 5 aromatic rings. The minimum atomic E-state index is -1.01. The Labute approximate surface area is 235 Å². The van der Waals surface area contributed by atoms with Gasteiger partial charge in [-0.1, -0.05) is 48.5 Å². The highest BCUT2D eigenvalue weighted by atomic mass is 16.6. The summed E-state index contributed by atoms with van der Waals surface area (Å²) in [4.78, 5) is 46.4. The van der Waals surface area contributed by atoms with Gasteiger partial charge in [-0.05, 0) is 68.0 Å². The zero-order valence-corrected chi connectivity index (χ0v) is 22.6. The second-order valence-electron chi connectivity index (χ2n) is 10.3. The molecule has 204 valence electrons. The molecule has 41 heavy (non-hydrogen) atoms. The molecule has 1 N–H and O–H groups in total. The number of H-pyrrole nitrogens is 1. The normalized spacial score (nSPS) is 14.6. The number of nitro benzene ring substituents is 1. The van der Waals surface area contributed by atoms with Crippen LogP contribution in [0, 0.1) is 17.0 Å². The van der Waals surface area contributed by atoms with Gasteiger partial charge in [0, 0.05) is 39.7 Å². The number of hydrogen-bond donors (Lipinski definition) is 1. The van der Waals surface area contributed by atoms with E-state index in [2.05, 4.69) is 4.98 Å². The molecule has 0 spiro atoms. The second-order valence-corrected chi connectivity index (χ2v) is 10.3. The topological polar surface area (TPSA) is 115 Å². The lowest BCUT2D eigenvalue weighted by atomic mass is 9.86. The number of ketones is 1. The van der Waals surface area contributed by atoms with E-state index in [9.17, 15) is 19.7 Å². The molecule has 0 amide bonds. The summed E-state index contributed by atoms with van der Waals surface area (Å²) in [5, 5.41) is 12.8. The van der Waals surface area contributed by atoms with Crippen molar-refractivity contribution in [3.63, 3.8) is 0 Å². The van der Waals surface area contributed by atoms with Gasteiger partial charge in [0.2, 0.25) is 5.78 Å². The zero-order valence-electron chi connectivity index (χ0n) is 22.6. The van der Waals surface area contributed by atoms with Crippen molar-refractivity contribution in [2.24, 2.45) is 0 Å². The summed E-state index contributed by atoms with van der Waals surface area (Å²) in [6.45, 7) is 3.44. The fourth-order valence-corrected chi connectivity index (χ4v) is 5.71. The van der Waals surface area contributed by atoms with Crippen molar-refractivity contribution < 1.29 is 19.2 Å². The Morgan fingerprint density at radius 3 is 2.56 bits per heavy atom. The number of Topliss-reactive ketones (excluding diaryl/α,β-unsaturated/α-hetero) is 1. The first-order valence-electron chi connectivity index (χ1n) is 13.5. The number of pyridine rings is 1. The lowest BCUT2D eigenvalue weighted by Crippen LogP contribution is -2.26. The summed E-state index contributed by atoms with van der Waals surface area (Å²) >= 11 is 0. The Balaban J connectivity index is 1.40. The molecular weight excluding hydrogens is 518 g/mol. The molecule has 3 aromatic carbocycles. The van der Waals surface area contributed by atoms with Gasteiger partial charge < -0.3 is 9.72 Å². The van der Waals surface area contributed by atoms with Crippen molar-refractivity contribution in [1.29, 1.82) is 0 Å². The van der Waals surface area contributed by atoms with E-state index < -0.39 is 17.0 Å². The van der Waals surface area contributed by atoms with E-state index >= 15 is 0 Å². The van der Waals surface area contributed by atoms with Crippen LogP contribution in [0.1, 0.15) is 63.0 Å². The Kier molecular flexibility index (Phi) is 6.67. The zero-order chi connectivity index (χ0) is 28.7. The molecule has 2 heterocycles. The first-order chi connectivity index (χ1) is 19.8. The van der Waals surface area contributed by atoms with Crippen LogP contribution in [0.2, 0.25) is 0 Å². The first kappa shape index (κ1) is 26.1. The van der Waals surface area contributed by atoms with Crippen LogP contribution >= 0.6 is 0 Å². The van der Waals surface area contributed by atoms with Crippen LogP contribution in [-0.4, -0.2) is 32.7 Å². The third kappa shape index (κ3) is 4.78. The van der Waals surface area contributed by atoms with E-state index in [1.165, 1.54) is 12.1 Å². The summed E-state index contributed by atoms with van der Waals surface area (Å²) in [6.07, 6.45) is 2.99. The average Bonchev–Trinajstić information content (AvgIpc) is 3.31. The monoisotopic (exact) mass is 545 g/mol. The maximum atomic E-state index is 13.8. The fraction of sp³-hybridized carbons (Fsp3) is 0.182. The number of nitrogens with zero attached hydrogens (tertiary/aromatic N) is 2. The molecular formula is C33H27N3O5. The minimum Gasteiger partial charge on any atom is -0.451 e. The Morgan fingerprint density at radius 2 is 1.76 bits per heavy atom. The van der Waals surface area contributed by atoms with Gasteiger partial charge in [-0.2, -0.15) is 0 Å². The quantitative estimate of drug-likeness (QED) is 0.104.